The average Bonchev–Trinajstić information content (AvgIpc) is 3.11. The molecule has 0 saturated heterocycles. The number of carbonyl (C=O) groups excluding carboxylic acids is 2. The second-order valence-corrected chi connectivity index (χ2v) is 10.1. The Morgan fingerprint density at radius 2 is 1.94 bits per heavy atom. The topological polar surface area (TPSA) is 95.9 Å². The first-order valence-corrected chi connectivity index (χ1v) is 13.3. The standard InChI is InChI=1S/C27H36N2O6S/c1-6-34-22-13-19(11-12-21(22)33-5)14-23-27(32)29(25(36-23)15-26(31)35-7-2)16-24(30)28-20-10-8-9-17(3)18(20)4/h11-15,17-18,20H,6-10,16H2,1-5H3,(H,28,30)/b23-14+,25-15-/t17-,18-,20-/m1/s1. The highest BCUT2D eigenvalue weighted by atomic mass is 32.1. The predicted molar refractivity (Wildman–Crippen MR) is 141 cm³/mol. The molecule has 2 aromatic rings. The van der Waals surface area contributed by atoms with Crippen molar-refractivity contribution in [3.63, 3.8) is 0 Å². The van der Waals surface area contributed by atoms with Gasteiger partial charge in [-0.25, -0.2) is 4.79 Å². The maximum atomic E-state index is 13.3. The number of thiazole rings is 1. The van der Waals surface area contributed by atoms with Gasteiger partial charge in [-0.3, -0.25) is 14.2 Å². The van der Waals surface area contributed by atoms with E-state index in [9.17, 15) is 14.4 Å². The van der Waals surface area contributed by atoms with Gasteiger partial charge in [-0.1, -0.05) is 32.8 Å². The number of amides is 1. The van der Waals surface area contributed by atoms with Crippen molar-refractivity contribution in [1.82, 2.24) is 9.88 Å². The number of ether oxygens (including phenoxy) is 3. The zero-order valence-electron chi connectivity index (χ0n) is 21.7. The zero-order valence-corrected chi connectivity index (χ0v) is 22.5. The lowest BCUT2D eigenvalue weighted by Crippen LogP contribution is -2.46. The molecule has 0 unspecified atom stereocenters. The van der Waals surface area contributed by atoms with E-state index in [4.69, 9.17) is 14.2 Å². The molecule has 1 saturated carbocycles. The van der Waals surface area contributed by atoms with Crippen molar-refractivity contribution in [2.24, 2.45) is 11.8 Å². The van der Waals surface area contributed by atoms with Crippen molar-refractivity contribution in [3.8, 4) is 11.5 Å². The number of carbonyl (C=O) groups is 2. The Balaban J connectivity index is 1.98. The van der Waals surface area contributed by atoms with Crippen LogP contribution in [0.25, 0.3) is 12.2 Å². The molecule has 3 atom stereocenters. The van der Waals surface area contributed by atoms with Gasteiger partial charge >= 0.3 is 5.97 Å². The number of aromatic nitrogens is 1. The van der Waals surface area contributed by atoms with Crippen molar-refractivity contribution in [2.45, 2.75) is 59.5 Å². The van der Waals surface area contributed by atoms with Gasteiger partial charge in [0.1, 0.15) is 11.2 Å². The molecule has 1 aliphatic rings. The van der Waals surface area contributed by atoms with Gasteiger partial charge in [0.25, 0.3) is 5.56 Å². The normalized spacial score (nSPS) is 20.8. The number of hydrogen-bond donors (Lipinski definition) is 1. The highest BCUT2D eigenvalue weighted by Crippen LogP contribution is 2.29. The molecule has 36 heavy (non-hydrogen) atoms. The number of esters is 1. The summed E-state index contributed by atoms with van der Waals surface area (Å²) in [5.74, 6) is 1.26. The van der Waals surface area contributed by atoms with E-state index in [-0.39, 0.29) is 30.7 Å². The fourth-order valence-electron chi connectivity index (χ4n) is 4.46. The van der Waals surface area contributed by atoms with Crippen molar-refractivity contribution in [1.29, 1.82) is 0 Å². The van der Waals surface area contributed by atoms with Crippen LogP contribution in [0.4, 0.5) is 0 Å². The average molecular weight is 517 g/mol. The number of methoxy groups -OCH3 is 1. The molecule has 1 fully saturated rings. The summed E-state index contributed by atoms with van der Waals surface area (Å²) >= 11 is 1.14. The maximum Gasteiger partial charge on any atom is 0.333 e. The minimum absolute atomic E-state index is 0.0791. The molecule has 8 nitrogen and oxygen atoms in total. The van der Waals surface area contributed by atoms with E-state index in [0.29, 0.717) is 39.1 Å². The molecule has 0 aliphatic heterocycles. The van der Waals surface area contributed by atoms with Gasteiger partial charge in [0.2, 0.25) is 5.91 Å². The highest BCUT2D eigenvalue weighted by molar-refractivity contribution is 7.07. The molecule has 1 aliphatic carbocycles. The Bertz CT molecular complexity index is 1250. The summed E-state index contributed by atoms with van der Waals surface area (Å²) in [6.45, 7) is 8.47. The van der Waals surface area contributed by atoms with Crippen LogP contribution in [0.5, 0.6) is 11.5 Å². The molecule has 0 radical (unpaired) electrons. The molecule has 3 rings (SSSR count). The van der Waals surface area contributed by atoms with Crippen LogP contribution in [-0.4, -0.2) is 42.8 Å². The van der Waals surface area contributed by atoms with Gasteiger partial charge in [-0.2, -0.15) is 0 Å². The Morgan fingerprint density at radius 3 is 2.64 bits per heavy atom. The third kappa shape index (κ3) is 6.78. The Morgan fingerprint density at radius 1 is 1.17 bits per heavy atom. The first-order valence-electron chi connectivity index (χ1n) is 12.5. The summed E-state index contributed by atoms with van der Waals surface area (Å²) in [5, 5.41) is 3.11. The molecule has 0 bridgehead atoms. The van der Waals surface area contributed by atoms with Crippen LogP contribution in [0.1, 0.15) is 52.5 Å². The lowest BCUT2D eigenvalue weighted by molar-refractivity contribution is -0.135. The lowest BCUT2D eigenvalue weighted by Gasteiger charge is -2.34. The fourth-order valence-corrected chi connectivity index (χ4v) is 5.49. The summed E-state index contributed by atoms with van der Waals surface area (Å²) in [6.07, 6.45) is 6.14. The van der Waals surface area contributed by atoms with Crippen molar-refractivity contribution < 1.29 is 23.8 Å². The highest BCUT2D eigenvalue weighted by Gasteiger charge is 2.28. The van der Waals surface area contributed by atoms with E-state index in [1.54, 1.807) is 32.2 Å². The first-order chi connectivity index (χ1) is 17.3. The van der Waals surface area contributed by atoms with Gasteiger partial charge in [-0.05, 0) is 55.9 Å². The van der Waals surface area contributed by atoms with Crippen molar-refractivity contribution >= 4 is 35.4 Å². The second-order valence-electron chi connectivity index (χ2n) is 9.02. The van der Waals surface area contributed by atoms with Gasteiger partial charge in [0.05, 0.1) is 30.9 Å². The molecule has 1 N–H and O–H groups in total. The number of nitrogens with zero attached hydrogens (tertiary/aromatic N) is 1. The SMILES string of the molecule is CCOC(=O)/C=c1\s/c(=C/c2ccc(OC)c(OCC)c2)c(=O)n1CC(=O)N[C@@H]1CCC[C@@H](C)[C@H]1C. The van der Waals surface area contributed by atoms with Crippen LogP contribution in [0, 0.1) is 11.8 Å². The van der Waals surface area contributed by atoms with E-state index in [1.165, 1.54) is 10.6 Å². The molecular formula is C27H36N2O6S. The fraction of sp³-hybridized carbons (Fsp3) is 0.519. The molecular weight excluding hydrogens is 480 g/mol. The van der Waals surface area contributed by atoms with E-state index in [2.05, 4.69) is 19.2 Å². The molecule has 1 heterocycles. The molecule has 0 spiro atoms. The minimum atomic E-state index is -0.558. The van der Waals surface area contributed by atoms with E-state index in [0.717, 1.165) is 36.2 Å². The third-order valence-electron chi connectivity index (χ3n) is 6.60. The number of benzene rings is 1. The summed E-state index contributed by atoms with van der Waals surface area (Å²) in [7, 11) is 1.57. The van der Waals surface area contributed by atoms with Crippen LogP contribution < -0.4 is 29.5 Å². The summed E-state index contributed by atoms with van der Waals surface area (Å²) in [5.41, 5.74) is 0.395. The molecule has 9 heteroatoms. The monoisotopic (exact) mass is 516 g/mol. The molecule has 196 valence electrons. The van der Waals surface area contributed by atoms with E-state index < -0.39 is 5.97 Å². The second kappa shape index (κ2) is 12.8. The Labute approximate surface area is 215 Å². The van der Waals surface area contributed by atoms with Gasteiger partial charge in [0.15, 0.2) is 11.5 Å². The molecule has 1 aromatic carbocycles. The quantitative estimate of drug-likeness (QED) is 0.515. The summed E-state index contributed by atoms with van der Waals surface area (Å²) in [6, 6.07) is 5.46. The van der Waals surface area contributed by atoms with Crippen LogP contribution >= 0.6 is 11.3 Å². The Kier molecular flexibility index (Phi) is 9.75. The maximum absolute atomic E-state index is 13.3. The number of nitrogens with one attached hydrogen (secondary N) is 1. The predicted octanol–water partition coefficient (Wildman–Crippen LogP) is 2.43. The smallest absolute Gasteiger partial charge is 0.333 e. The number of hydrogen-bond acceptors (Lipinski definition) is 7. The third-order valence-corrected chi connectivity index (χ3v) is 7.66. The largest absolute Gasteiger partial charge is 0.493 e. The number of rotatable bonds is 9. The van der Waals surface area contributed by atoms with E-state index >= 15 is 0 Å². The van der Waals surface area contributed by atoms with Gasteiger partial charge < -0.3 is 19.5 Å². The van der Waals surface area contributed by atoms with Crippen LogP contribution in [0.15, 0.2) is 23.0 Å². The molecule has 1 aromatic heterocycles. The van der Waals surface area contributed by atoms with Crippen LogP contribution in [0.2, 0.25) is 0 Å². The zero-order chi connectivity index (χ0) is 26.2. The van der Waals surface area contributed by atoms with E-state index in [1.807, 2.05) is 13.0 Å². The van der Waals surface area contributed by atoms with Crippen molar-refractivity contribution in [2.75, 3.05) is 20.3 Å². The Hall–Kier alpha value is -3.07. The van der Waals surface area contributed by atoms with Crippen molar-refractivity contribution in [3.05, 3.63) is 43.3 Å². The van der Waals surface area contributed by atoms with Gasteiger partial charge in [-0.15, -0.1) is 11.3 Å². The molecule has 1 amide bonds. The first kappa shape index (κ1) is 27.5. The van der Waals surface area contributed by atoms with Crippen LogP contribution in [0.3, 0.4) is 0 Å². The van der Waals surface area contributed by atoms with Gasteiger partial charge in [0, 0.05) is 6.04 Å². The summed E-state index contributed by atoms with van der Waals surface area (Å²) < 4.78 is 18.1. The summed E-state index contributed by atoms with van der Waals surface area (Å²) in [4.78, 5) is 38.5. The van der Waals surface area contributed by atoms with Crippen LogP contribution in [-0.2, 0) is 20.9 Å². The lowest BCUT2D eigenvalue weighted by atomic mass is 9.78. The minimum Gasteiger partial charge on any atom is -0.493 e.